The molecule has 1 aromatic carbocycles. The fourth-order valence-corrected chi connectivity index (χ4v) is 2.12. The van der Waals surface area contributed by atoms with E-state index in [9.17, 15) is 4.79 Å². The van der Waals surface area contributed by atoms with Gasteiger partial charge in [-0.05, 0) is 5.56 Å². The molecule has 6 heteroatoms. The van der Waals surface area contributed by atoms with Gasteiger partial charge in [0.2, 0.25) is 0 Å². The van der Waals surface area contributed by atoms with Crippen molar-refractivity contribution in [3.05, 3.63) is 52.6 Å². The summed E-state index contributed by atoms with van der Waals surface area (Å²) in [6.07, 6.45) is 1.54. The second-order valence-corrected chi connectivity index (χ2v) is 4.32. The third-order valence-corrected chi connectivity index (χ3v) is 3.08. The number of rotatable bonds is 2. The first-order valence-corrected chi connectivity index (χ1v) is 5.83. The minimum atomic E-state index is -0.146. The van der Waals surface area contributed by atoms with Crippen LogP contribution in [0.1, 0.15) is 5.56 Å². The van der Waals surface area contributed by atoms with Crippen molar-refractivity contribution in [2.75, 3.05) is 0 Å². The summed E-state index contributed by atoms with van der Waals surface area (Å²) >= 11 is 1.13. The van der Waals surface area contributed by atoms with Crippen LogP contribution in [0.25, 0.3) is 10.3 Å². The molecule has 17 heavy (non-hydrogen) atoms. The predicted molar refractivity (Wildman–Crippen MR) is 65.0 cm³/mol. The number of nitrogens with zero attached hydrogens (tertiary/aromatic N) is 4. The zero-order valence-corrected chi connectivity index (χ0v) is 9.59. The molecular formula is C11H8N4OS. The Hall–Kier alpha value is -2.08. The Balaban J connectivity index is 2.07. The standard InChI is InChI=1S/C11H8N4OS/c16-11-9-10(17-14-13-9)12-7-15(11)6-8-4-2-1-3-5-8/h1-5,7H,6H2. The van der Waals surface area contributed by atoms with Crippen LogP contribution in [0, 0.1) is 0 Å². The Labute approximate surface area is 101 Å². The highest BCUT2D eigenvalue weighted by atomic mass is 32.1. The van der Waals surface area contributed by atoms with Crippen LogP contribution in [-0.4, -0.2) is 19.1 Å². The van der Waals surface area contributed by atoms with Crippen LogP contribution in [0.15, 0.2) is 41.5 Å². The molecule has 0 saturated heterocycles. The van der Waals surface area contributed by atoms with Crippen molar-refractivity contribution in [3.63, 3.8) is 0 Å². The molecule has 2 aromatic heterocycles. The molecule has 0 aliphatic carbocycles. The number of hydrogen-bond acceptors (Lipinski definition) is 5. The molecule has 0 spiro atoms. The summed E-state index contributed by atoms with van der Waals surface area (Å²) in [4.78, 5) is 16.8. The minimum Gasteiger partial charge on any atom is -0.293 e. The van der Waals surface area contributed by atoms with Crippen molar-refractivity contribution in [2.45, 2.75) is 6.54 Å². The molecule has 0 saturated carbocycles. The second-order valence-electron chi connectivity index (χ2n) is 3.59. The van der Waals surface area contributed by atoms with Crippen molar-refractivity contribution in [3.8, 4) is 0 Å². The van der Waals surface area contributed by atoms with Gasteiger partial charge in [-0.15, -0.1) is 5.10 Å². The average Bonchev–Trinajstić information content (AvgIpc) is 2.83. The van der Waals surface area contributed by atoms with Gasteiger partial charge < -0.3 is 0 Å². The molecule has 0 bridgehead atoms. The highest BCUT2D eigenvalue weighted by molar-refractivity contribution is 7.12. The lowest BCUT2D eigenvalue weighted by Crippen LogP contribution is -2.21. The van der Waals surface area contributed by atoms with E-state index in [1.54, 1.807) is 4.57 Å². The molecule has 0 amide bonds. The lowest BCUT2D eigenvalue weighted by molar-refractivity contribution is 0.746. The molecule has 0 aliphatic rings. The Kier molecular flexibility index (Phi) is 2.41. The summed E-state index contributed by atoms with van der Waals surface area (Å²) in [6, 6.07) is 9.76. The normalized spacial score (nSPS) is 10.8. The first-order valence-electron chi connectivity index (χ1n) is 5.06. The number of aromatic nitrogens is 4. The van der Waals surface area contributed by atoms with Gasteiger partial charge in [-0.2, -0.15) is 0 Å². The molecule has 2 heterocycles. The third kappa shape index (κ3) is 1.83. The zero-order chi connectivity index (χ0) is 11.7. The second kappa shape index (κ2) is 4.06. The van der Waals surface area contributed by atoms with Crippen LogP contribution in [0.5, 0.6) is 0 Å². The highest BCUT2D eigenvalue weighted by Crippen LogP contribution is 2.07. The lowest BCUT2D eigenvalue weighted by Gasteiger charge is -2.03. The molecule has 0 fully saturated rings. The first-order chi connectivity index (χ1) is 8.34. The summed E-state index contributed by atoms with van der Waals surface area (Å²) in [6.45, 7) is 0.500. The van der Waals surface area contributed by atoms with E-state index in [-0.39, 0.29) is 5.56 Å². The minimum absolute atomic E-state index is 0.146. The molecule has 0 unspecified atom stereocenters. The van der Waals surface area contributed by atoms with Gasteiger partial charge in [0.15, 0.2) is 10.3 Å². The van der Waals surface area contributed by atoms with Crippen molar-refractivity contribution >= 4 is 21.9 Å². The van der Waals surface area contributed by atoms with E-state index >= 15 is 0 Å². The van der Waals surface area contributed by atoms with Crippen LogP contribution in [-0.2, 0) is 6.54 Å². The van der Waals surface area contributed by atoms with Crippen molar-refractivity contribution in [1.29, 1.82) is 0 Å². The Bertz CT molecular complexity index is 704. The molecule has 5 nitrogen and oxygen atoms in total. The van der Waals surface area contributed by atoms with Gasteiger partial charge in [-0.3, -0.25) is 9.36 Å². The molecule has 0 aliphatic heterocycles. The Morgan fingerprint density at radius 2 is 2.06 bits per heavy atom. The summed E-state index contributed by atoms with van der Waals surface area (Å²) in [5, 5.41) is 3.79. The zero-order valence-electron chi connectivity index (χ0n) is 8.78. The SMILES string of the molecule is O=c1c2nnsc2ncn1Cc1ccccc1. The first kappa shape index (κ1) is 10.1. The van der Waals surface area contributed by atoms with Gasteiger partial charge >= 0.3 is 0 Å². The van der Waals surface area contributed by atoms with Crippen LogP contribution >= 0.6 is 11.5 Å². The number of fused-ring (bicyclic) bond motifs is 1. The lowest BCUT2D eigenvalue weighted by atomic mass is 10.2. The maximum absolute atomic E-state index is 12.0. The van der Waals surface area contributed by atoms with Crippen molar-refractivity contribution in [2.24, 2.45) is 0 Å². The van der Waals surface area contributed by atoms with Gasteiger partial charge in [0.1, 0.15) is 0 Å². The Morgan fingerprint density at radius 3 is 2.88 bits per heavy atom. The monoisotopic (exact) mass is 244 g/mol. The van der Waals surface area contributed by atoms with Gasteiger partial charge in [-0.25, -0.2) is 4.98 Å². The topological polar surface area (TPSA) is 60.7 Å². The number of benzene rings is 1. The van der Waals surface area contributed by atoms with Crippen molar-refractivity contribution in [1.82, 2.24) is 19.1 Å². The van der Waals surface area contributed by atoms with E-state index in [1.807, 2.05) is 30.3 Å². The molecule has 84 valence electrons. The van der Waals surface area contributed by atoms with E-state index in [1.165, 1.54) is 6.33 Å². The fraction of sp³-hybridized carbons (Fsp3) is 0.0909. The van der Waals surface area contributed by atoms with Gasteiger partial charge in [-0.1, -0.05) is 34.8 Å². The quantitative estimate of drug-likeness (QED) is 0.681. The molecule has 3 rings (SSSR count). The number of hydrogen-bond donors (Lipinski definition) is 0. The Morgan fingerprint density at radius 1 is 1.24 bits per heavy atom. The smallest absolute Gasteiger partial charge is 0.283 e. The van der Waals surface area contributed by atoms with Crippen LogP contribution < -0.4 is 5.56 Å². The van der Waals surface area contributed by atoms with E-state index in [4.69, 9.17) is 0 Å². The summed E-state index contributed by atoms with van der Waals surface area (Å²) in [5.41, 5.74) is 1.25. The molecule has 3 aromatic rings. The fourth-order valence-electron chi connectivity index (χ4n) is 1.61. The largest absolute Gasteiger partial charge is 0.293 e. The summed E-state index contributed by atoms with van der Waals surface area (Å²) in [5.74, 6) is 0. The van der Waals surface area contributed by atoms with Crippen LogP contribution in [0.2, 0.25) is 0 Å². The van der Waals surface area contributed by atoms with E-state index in [2.05, 4.69) is 14.6 Å². The summed E-state index contributed by atoms with van der Waals surface area (Å²) < 4.78 is 5.27. The molecule has 0 radical (unpaired) electrons. The van der Waals surface area contributed by atoms with E-state index < -0.39 is 0 Å². The average molecular weight is 244 g/mol. The van der Waals surface area contributed by atoms with E-state index in [0.29, 0.717) is 16.9 Å². The predicted octanol–water partition coefficient (Wildman–Crippen LogP) is 1.30. The van der Waals surface area contributed by atoms with Crippen LogP contribution in [0.4, 0.5) is 0 Å². The van der Waals surface area contributed by atoms with E-state index in [0.717, 1.165) is 17.1 Å². The maximum Gasteiger partial charge on any atom is 0.283 e. The molecule has 0 N–H and O–H groups in total. The van der Waals surface area contributed by atoms with Crippen LogP contribution in [0.3, 0.4) is 0 Å². The van der Waals surface area contributed by atoms with Crippen molar-refractivity contribution < 1.29 is 0 Å². The highest BCUT2D eigenvalue weighted by Gasteiger charge is 2.07. The van der Waals surface area contributed by atoms with Gasteiger partial charge in [0.05, 0.1) is 12.9 Å². The van der Waals surface area contributed by atoms with Gasteiger partial charge in [0, 0.05) is 11.5 Å². The summed E-state index contributed by atoms with van der Waals surface area (Å²) in [7, 11) is 0. The van der Waals surface area contributed by atoms with Gasteiger partial charge in [0.25, 0.3) is 5.56 Å². The molecular weight excluding hydrogens is 236 g/mol. The third-order valence-electron chi connectivity index (χ3n) is 2.44. The molecule has 0 atom stereocenters. The maximum atomic E-state index is 12.0.